The number of hydrogen-bond donors (Lipinski definition) is 1. The van der Waals surface area contributed by atoms with Crippen LogP contribution >= 0.6 is 11.6 Å². The normalized spacial score (nSPS) is 11.8. The van der Waals surface area contributed by atoms with E-state index in [2.05, 4.69) is 37.9 Å². The van der Waals surface area contributed by atoms with Gasteiger partial charge in [-0.3, -0.25) is 4.79 Å². The molecule has 3 aromatic rings. The Bertz CT molecular complexity index is 1150. The van der Waals surface area contributed by atoms with Crippen LogP contribution in [0.1, 0.15) is 89.3 Å². The summed E-state index contributed by atoms with van der Waals surface area (Å²) in [6, 6.07) is 9.74. The Morgan fingerprint density at radius 2 is 1.69 bits per heavy atom. The number of aromatic nitrogens is 3. The molecular weight excluding hydrogens is 474 g/mol. The van der Waals surface area contributed by atoms with Crippen molar-refractivity contribution in [3.05, 3.63) is 47.0 Å². The van der Waals surface area contributed by atoms with E-state index in [9.17, 15) is 9.90 Å². The van der Waals surface area contributed by atoms with Crippen LogP contribution in [0.3, 0.4) is 0 Å². The molecule has 0 saturated carbocycles. The number of alkyl halides is 1. The fraction of sp³-hybridized carbons (Fsp3) is 0.552. The lowest BCUT2D eigenvalue weighted by molar-refractivity contribution is -0.143. The topological polar surface area (TPSA) is 77.2 Å². The standard InChI is InChI=1S/C29H40ClN3O3/c1-5-6-7-8-9-10-17-36-27(34)14-12-22-18-23(29(2,3)4)28(35)26(20-22)33-31-24-13-11-21(15-16-30)19-25(24)32-33/h11,13,18-20,35H,5-10,12,14-17H2,1-4H3. The summed E-state index contributed by atoms with van der Waals surface area (Å²) in [7, 11) is 0. The molecule has 0 amide bonds. The molecule has 6 nitrogen and oxygen atoms in total. The van der Waals surface area contributed by atoms with Crippen LogP contribution in [-0.2, 0) is 27.8 Å². The summed E-state index contributed by atoms with van der Waals surface area (Å²) < 4.78 is 5.45. The molecule has 0 atom stereocenters. The lowest BCUT2D eigenvalue weighted by atomic mass is 9.84. The summed E-state index contributed by atoms with van der Waals surface area (Å²) in [5.74, 6) is 0.502. The van der Waals surface area contributed by atoms with Crippen LogP contribution < -0.4 is 0 Å². The predicted octanol–water partition coefficient (Wildman–Crippen LogP) is 7.04. The summed E-state index contributed by atoms with van der Waals surface area (Å²) in [6.45, 7) is 8.84. The first kappa shape index (κ1) is 28.0. The number of esters is 1. The van der Waals surface area contributed by atoms with Crippen molar-refractivity contribution in [2.45, 2.75) is 90.9 Å². The van der Waals surface area contributed by atoms with Gasteiger partial charge < -0.3 is 9.84 Å². The zero-order valence-electron chi connectivity index (χ0n) is 22.1. The average Bonchev–Trinajstić information content (AvgIpc) is 3.25. The molecule has 1 aromatic heterocycles. The molecule has 0 aliphatic carbocycles. The van der Waals surface area contributed by atoms with Crippen LogP contribution in [0, 0.1) is 0 Å². The third kappa shape index (κ3) is 7.70. The largest absolute Gasteiger partial charge is 0.505 e. The number of halogens is 1. The van der Waals surface area contributed by atoms with E-state index in [1.165, 1.54) is 30.5 Å². The van der Waals surface area contributed by atoms with E-state index in [4.69, 9.17) is 16.3 Å². The fourth-order valence-electron chi connectivity index (χ4n) is 4.27. The molecular formula is C29H40ClN3O3. The number of carbonyl (C=O) groups excluding carboxylic acids is 1. The predicted molar refractivity (Wildman–Crippen MR) is 146 cm³/mol. The van der Waals surface area contributed by atoms with Gasteiger partial charge in [0.1, 0.15) is 22.5 Å². The van der Waals surface area contributed by atoms with E-state index in [-0.39, 0.29) is 17.1 Å². The minimum Gasteiger partial charge on any atom is -0.505 e. The van der Waals surface area contributed by atoms with Crippen molar-refractivity contribution in [1.29, 1.82) is 0 Å². The number of aryl methyl sites for hydroxylation is 2. The van der Waals surface area contributed by atoms with Crippen molar-refractivity contribution < 1.29 is 14.6 Å². The first-order valence-electron chi connectivity index (χ1n) is 13.2. The minimum absolute atomic E-state index is 0.151. The molecule has 1 N–H and O–H groups in total. The van der Waals surface area contributed by atoms with Gasteiger partial charge in [-0.1, -0.05) is 71.9 Å². The summed E-state index contributed by atoms with van der Waals surface area (Å²) in [5.41, 5.74) is 4.53. The molecule has 7 heteroatoms. The highest BCUT2D eigenvalue weighted by atomic mass is 35.5. The fourth-order valence-corrected chi connectivity index (χ4v) is 4.48. The molecule has 0 spiro atoms. The maximum absolute atomic E-state index is 12.3. The van der Waals surface area contributed by atoms with Crippen LogP contribution in [0.4, 0.5) is 0 Å². The van der Waals surface area contributed by atoms with E-state index in [1.54, 1.807) is 0 Å². The zero-order chi connectivity index (χ0) is 26.1. The highest BCUT2D eigenvalue weighted by Crippen LogP contribution is 2.36. The first-order valence-corrected chi connectivity index (χ1v) is 13.7. The van der Waals surface area contributed by atoms with Crippen LogP contribution in [0.2, 0.25) is 0 Å². The average molecular weight is 514 g/mol. The van der Waals surface area contributed by atoms with E-state index in [0.717, 1.165) is 47.0 Å². The smallest absolute Gasteiger partial charge is 0.306 e. The maximum atomic E-state index is 12.3. The van der Waals surface area contributed by atoms with Gasteiger partial charge in [-0.25, -0.2) is 0 Å². The molecule has 0 fully saturated rings. The molecule has 0 aliphatic heterocycles. The molecule has 2 aromatic carbocycles. The van der Waals surface area contributed by atoms with Crippen LogP contribution in [0.25, 0.3) is 16.7 Å². The van der Waals surface area contributed by atoms with Gasteiger partial charge in [0.2, 0.25) is 0 Å². The second kappa shape index (κ2) is 13.1. The van der Waals surface area contributed by atoms with Crippen LogP contribution in [-0.4, -0.2) is 38.6 Å². The number of unbranched alkanes of at least 4 members (excludes halogenated alkanes) is 5. The van der Waals surface area contributed by atoms with Gasteiger partial charge in [0.15, 0.2) is 0 Å². The molecule has 1 heterocycles. The molecule has 0 aliphatic rings. The summed E-state index contributed by atoms with van der Waals surface area (Å²) >= 11 is 5.89. The zero-order valence-corrected chi connectivity index (χ0v) is 22.9. The van der Waals surface area contributed by atoms with Crippen molar-refractivity contribution >= 4 is 28.6 Å². The molecule has 0 saturated heterocycles. The van der Waals surface area contributed by atoms with Crippen LogP contribution in [0.5, 0.6) is 5.75 Å². The number of aromatic hydroxyl groups is 1. The number of hydrogen-bond acceptors (Lipinski definition) is 5. The Morgan fingerprint density at radius 3 is 2.42 bits per heavy atom. The number of phenols is 1. The summed E-state index contributed by atoms with van der Waals surface area (Å²) in [6.07, 6.45) is 8.53. The third-order valence-electron chi connectivity index (χ3n) is 6.38. The van der Waals surface area contributed by atoms with Gasteiger partial charge in [0.05, 0.1) is 6.61 Å². The van der Waals surface area contributed by atoms with Crippen molar-refractivity contribution in [3.8, 4) is 11.4 Å². The number of ether oxygens (including phenoxy) is 1. The van der Waals surface area contributed by atoms with Crippen LogP contribution in [0.15, 0.2) is 30.3 Å². The van der Waals surface area contributed by atoms with Gasteiger partial charge in [-0.15, -0.1) is 26.6 Å². The highest BCUT2D eigenvalue weighted by molar-refractivity contribution is 6.18. The monoisotopic (exact) mass is 513 g/mol. The Labute approximate surface area is 220 Å². The van der Waals surface area contributed by atoms with Gasteiger partial charge >= 0.3 is 5.97 Å². The van der Waals surface area contributed by atoms with Gasteiger partial charge in [-0.05, 0) is 54.0 Å². The molecule has 0 radical (unpaired) electrons. The number of rotatable bonds is 13. The van der Waals surface area contributed by atoms with Crippen molar-refractivity contribution in [2.75, 3.05) is 12.5 Å². The molecule has 196 valence electrons. The Kier molecular flexibility index (Phi) is 10.2. The number of benzene rings is 2. The number of phenolic OH excluding ortho intramolecular Hbond substituents is 1. The summed E-state index contributed by atoms with van der Waals surface area (Å²) in [4.78, 5) is 13.8. The second-order valence-electron chi connectivity index (χ2n) is 10.5. The first-order chi connectivity index (χ1) is 17.2. The third-order valence-corrected chi connectivity index (χ3v) is 6.57. The number of nitrogens with zero attached hydrogens (tertiary/aromatic N) is 3. The second-order valence-corrected chi connectivity index (χ2v) is 10.9. The molecule has 0 bridgehead atoms. The Balaban J connectivity index is 1.74. The van der Waals surface area contributed by atoms with E-state index < -0.39 is 0 Å². The van der Waals surface area contributed by atoms with Crippen molar-refractivity contribution in [1.82, 2.24) is 15.0 Å². The molecule has 0 unspecified atom stereocenters. The SMILES string of the molecule is CCCCCCCCOC(=O)CCc1cc(-n2nc3ccc(CCCl)cc3n2)c(O)c(C(C)(C)C)c1. The van der Waals surface area contributed by atoms with Gasteiger partial charge in [0, 0.05) is 17.9 Å². The molecule has 36 heavy (non-hydrogen) atoms. The number of carbonyl (C=O) groups is 1. The lowest BCUT2D eigenvalue weighted by Crippen LogP contribution is -2.14. The van der Waals surface area contributed by atoms with Crippen molar-refractivity contribution in [2.24, 2.45) is 0 Å². The maximum Gasteiger partial charge on any atom is 0.306 e. The van der Waals surface area contributed by atoms with E-state index in [1.807, 2.05) is 30.3 Å². The minimum atomic E-state index is -0.298. The number of fused-ring (bicyclic) bond motifs is 1. The van der Waals surface area contributed by atoms with Gasteiger partial charge in [0.25, 0.3) is 0 Å². The Morgan fingerprint density at radius 1 is 0.972 bits per heavy atom. The highest BCUT2D eigenvalue weighted by Gasteiger charge is 2.23. The molecule has 3 rings (SSSR count). The quantitative estimate of drug-likeness (QED) is 0.151. The van der Waals surface area contributed by atoms with E-state index in [0.29, 0.717) is 31.0 Å². The van der Waals surface area contributed by atoms with Gasteiger partial charge in [-0.2, -0.15) is 0 Å². The summed E-state index contributed by atoms with van der Waals surface area (Å²) in [5, 5.41) is 20.4. The van der Waals surface area contributed by atoms with E-state index >= 15 is 0 Å². The Hall–Kier alpha value is -2.60. The van der Waals surface area contributed by atoms with Crippen molar-refractivity contribution in [3.63, 3.8) is 0 Å². The lowest BCUT2D eigenvalue weighted by Gasteiger charge is -2.23.